The Morgan fingerprint density at radius 1 is 1.12 bits per heavy atom. The van der Waals surface area contributed by atoms with Gasteiger partial charge in [0.05, 0.1) is 19.4 Å². The minimum atomic E-state index is 0.0756. The molecule has 0 N–H and O–H groups in total. The van der Waals surface area contributed by atoms with Crippen molar-refractivity contribution in [2.45, 2.75) is 6.92 Å². The molecule has 1 amide bonds. The van der Waals surface area contributed by atoms with Crippen molar-refractivity contribution in [2.24, 2.45) is 0 Å². The number of aromatic nitrogens is 1. The van der Waals surface area contributed by atoms with Crippen molar-refractivity contribution in [1.29, 1.82) is 0 Å². The number of carbonyl (C=O) groups excluding carboxylic acids is 1. The topological polar surface area (TPSA) is 36.4 Å². The van der Waals surface area contributed by atoms with Crippen LogP contribution in [-0.4, -0.2) is 42.0 Å². The number of thiazole rings is 1. The molecule has 7 heteroatoms. The van der Waals surface area contributed by atoms with Crippen LogP contribution in [0.4, 0.5) is 5.13 Å². The zero-order valence-electron chi connectivity index (χ0n) is 13.2. The molecule has 0 bridgehead atoms. The molecule has 0 unspecified atom stereocenters. The molecule has 3 aromatic rings. The van der Waals surface area contributed by atoms with Gasteiger partial charge in [0.25, 0.3) is 5.91 Å². The summed E-state index contributed by atoms with van der Waals surface area (Å²) in [4.78, 5) is 22.2. The zero-order chi connectivity index (χ0) is 16.7. The summed E-state index contributed by atoms with van der Waals surface area (Å²) in [6.07, 6.45) is 0. The highest BCUT2D eigenvalue weighted by molar-refractivity contribution is 7.22. The van der Waals surface area contributed by atoms with Crippen molar-refractivity contribution in [3.8, 4) is 0 Å². The SMILES string of the molecule is Cc1cccc2sc(N3CCN(C(=O)c4ccc(Cl)s4)CC3)nc12. The standard InChI is InChI=1S/C17H16ClN3OS2/c1-11-3-2-4-12-15(11)19-17(24-12)21-9-7-20(8-10-21)16(22)13-5-6-14(18)23-13/h2-6H,7-10H2,1H3. The number of benzene rings is 1. The van der Waals surface area contributed by atoms with Crippen LogP contribution in [0.1, 0.15) is 15.2 Å². The van der Waals surface area contributed by atoms with Crippen LogP contribution >= 0.6 is 34.3 Å². The van der Waals surface area contributed by atoms with Crippen LogP contribution < -0.4 is 4.90 Å². The third-order valence-corrected chi connectivity index (χ3v) is 6.53. The van der Waals surface area contributed by atoms with E-state index < -0.39 is 0 Å². The second kappa shape index (κ2) is 6.35. The van der Waals surface area contributed by atoms with E-state index >= 15 is 0 Å². The molecular formula is C17H16ClN3OS2. The predicted octanol–water partition coefficient (Wildman–Crippen LogP) is 4.28. The van der Waals surface area contributed by atoms with Gasteiger partial charge in [-0.2, -0.15) is 0 Å². The Bertz CT molecular complexity index is 896. The Morgan fingerprint density at radius 2 is 1.92 bits per heavy atom. The average Bonchev–Trinajstić information content (AvgIpc) is 3.21. The normalized spacial score (nSPS) is 15.2. The highest BCUT2D eigenvalue weighted by atomic mass is 35.5. The highest BCUT2D eigenvalue weighted by Gasteiger charge is 2.24. The van der Waals surface area contributed by atoms with Crippen molar-refractivity contribution < 1.29 is 4.79 Å². The first-order valence-corrected chi connectivity index (χ1v) is 9.78. The van der Waals surface area contributed by atoms with E-state index in [0.29, 0.717) is 22.3 Å². The molecule has 1 fully saturated rings. The van der Waals surface area contributed by atoms with E-state index in [1.165, 1.54) is 21.6 Å². The van der Waals surface area contributed by atoms with Gasteiger partial charge in [-0.15, -0.1) is 11.3 Å². The van der Waals surface area contributed by atoms with E-state index in [4.69, 9.17) is 16.6 Å². The third-order valence-electron chi connectivity index (χ3n) is 4.23. The number of halogens is 1. The predicted molar refractivity (Wildman–Crippen MR) is 102 cm³/mol. The van der Waals surface area contributed by atoms with Crippen molar-refractivity contribution >= 4 is 55.5 Å². The second-order valence-electron chi connectivity index (χ2n) is 5.80. The minimum absolute atomic E-state index is 0.0756. The van der Waals surface area contributed by atoms with Gasteiger partial charge in [0.15, 0.2) is 5.13 Å². The van der Waals surface area contributed by atoms with Crippen LogP contribution in [0.15, 0.2) is 30.3 Å². The molecule has 24 heavy (non-hydrogen) atoms. The number of fused-ring (bicyclic) bond motifs is 1. The van der Waals surface area contributed by atoms with Crippen molar-refractivity contribution in [2.75, 3.05) is 31.1 Å². The summed E-state index contributed by atoms with van der Waals surface area (Å²) in [7, 11) is 0. The minimum Gasteiger partial charge on any atom is -0.345 e. The van der Waals surface area contributed by atoms with Crippen LogP contribution in [0.25, 0.3) is 10.2 Å². The highest BCUT2D eigenvalue weighted by Crippen LogP contribution is 2.31. The van der Waals surface area contributed by atoms with Crippen molar-refractivity contribution in [3.05, 3.63) is 45.1 Å². The summed E-state index contributed by atoms with van der Waals surface area (Å²) in [5.74, 6) is 0.0756. The Balaban J connectivity index is 1.47. The molecule has 0 spiro atoms. The average molecular weight is 378 g/mol. The van der Waals surface area contributed by atoms with Gasteiger partial charge < -0.3 is 9.80 Å². The molecule has 0 atom stereocenters. The van der Waals surface area contributed by atoms with Crippen LogP contribution in [0.5, 0.6) is 0 Å². The molecule has 1 aliphatic rings. The molecule has 124 valence electrons. The molecule has 2 aromatic heterocycles. The molecule has 3 heterocycles. The molecule has 4 rings (SSSR count). The molecule has 0 radical (unpaired) electrons. The number of hydrogen-bond acceptors (Lipinski definition) is 5. The van der Waals surface area contributed by atoms with Gasteiger partial charge in [-0.25, -0.2) is 4.98 Å². The second-order valence-corrected chi connectivity index (χ2v) is 8.53. The van der Waals surface area contributed by atoms with Gasteiger partial charge in [0.2, 0.25) is 0 Å². The Hall–Kier alpha value is -1.63. The lowest BCUT2D eigenvalue weighted by Gasteiger charge is -2.34. The molecule has 1 aliphatic heterocycles. The van der Waals surface area contributed by atoms with Gasteiger partial charge >= 0.3 is 0 Å². The monoisotopic (exact) mass is 377 g/mol. The van der Waals surface area contributed by atoms with Crippen molar-refractivity contribution in [1.82, 2.24) is 9.88 Å². The number of thiophene rings is 1. The van der Waals surface area contributed by atoms with E-state index in [9.17, 15) is 4.79 Å². The Morgan fingerprint density at radius 3 is 2.58 bits per heavy atom. The number of carbonyl (C=O) groups is 1. The van der Waals surface area contributed by atoms with E-state index in [1.807, 2.05) is 4.90 Å². The van der Waals surface area contributed by atoms with Gasteiger partial charge in [0, 0.05) is 26.2 Å². The van der Waals surface area contributed by atoms with Crippen LogP contribution in [0, 0.1) is 6.92 Å². The Kier molecular flexibility index (Phi) is 4.20. The number of anilines is 1. The van der Waals surface area contributed by atoms with Gasteiger partial charge in [0.1, 0.15) is 0 Å². The number of rotatable bonds is 2. The fourth-order valence-corrected chi connectivity index (χ4v) is 5.00. The molecule has 0 saturated carbocycles. The summed E-state index contributed by atoms with van der Waals surface area (Å²) in [5, 5.41) is 1.05. The molecular weight excluding hydrogens is 362 g/mol. The van der Waals surface area contributed by atoms with Crippen LogP contribution in [0.2, 0.25) is 4.34 Å². The fourth-order valence-electron chi connectivity index (χ4n) is 2.90. The zero-order valence-corrected chi connectivity index (χ0v) is 15.5. The fraction of sp³-hybridized carbons (Fsp3) is 0.294. The van der Waals surface area contributed by atoms with E-state index in [2.05, 4.69) is 30.0 Å². The van der Waals surface area contributed by atoms with Crippen LogP contribution in [0.3, 0.4) is 0 Å². The summed E-state index contributed by atoms with van der Waals surface area (Å²) in [6.45, 7) is 5.13. The number of amides is 1. The summed E-state index contributed by atoms with van der Waals surface area (Å²) < 4.78 is 1.87. The molecule has 4 nitrogen and oxygen atoms in total. The smallest absolute Gasteiger partial charge is 0.264 e. The number of nitrogens with zero attached hydrogens (tertiary/aromatic N) is 3. The number of piperazine rings is 1. The molecule has 1 aromatic carbocycles. The maximum atomic E-state index is 12.5. The third kappa shape index (κ3) is 2.90. The van der Waals surface area contributed by atoms with Gasteiger partial charge in [-0.1, -0.05) is 35.1 Å². The maximum absolute atomic E-state index is 12.5. The van der Waals surface area contributed by atoms with E-state index in [1.54, 1.807) is 23.5 Å². The molecule has 1 saturated heterocycles. The number of para-hydroxylation sites is 1. The summed E-state index contributed by atoms with van der Waals surface area (Å²) >= 11 is 9.00. The van der Waals surface area contributed by atoms with Gasteiger partial charge in [-0.3, -0.25) is 4.79 Å². The lowest BCUT2D eigenvalue weighted by atomic mass is 10.2. The molecule has 0 aliphatic carbocycles. The maximum Gasteiger partial charge on any atom is 0.264 e. The quantitative estimate of drug-likeness (QED) is 0.668. The first-order chi connectivity index (χ1) is 11.6. The lowest BCUT2D eigenvalue weighted by Crippen LogP contribution is -2.48. The van der Waals surface area contributed by atoms with E-state index in [0.717, 1.165) is 23.7 Å². The van der Waals surface area contributed by atoms with Crippen LogP contribution in [-0.2, 0) is 0 Å². The number of hydrogen-bond donors (Lipinski definition) is 0. The lowest BCUT2D eigenvalue weighted by molar-refractivity contribution is 0.0751. The number of aryl methyl sites for hydroxylation is 1. The first-order valence-electron chi connectivity index (χ1n) is 7.77. The first kappa shape index (κ1) is 15.9. The summed E-state index contributed by atoms with van der Waals surface area (Å²) in [6, 6.07) is 9.86. The Labute approximate surface area is 153 Å². The largest absolute Gasteiger partial charge is 0.345 e. The van der Waals surface area contributed by atoms with Crippen molar-refractivity contribution in [3.63, 3.8) is 0 Å². The van der Waals surface area contributed by atoms with Gasteiger partial charge in [-0.05, 0) is 30.7 Å². The summed E-state index contributed by atoms with van der Waals surface area (Å²) in [5.41, 5.74) is 2.29. The van der Waals surface area contributed by atoms with E-state index in [-0.39, 0.29) is 5.91 Å².